The zero-order chi connectivity index (χ0) is 16.8. The lowest BCUT2D eigenvalue weighted by molar-refractivity contribution is 0.466. The van der Waals surface area contributed by atoms with Crippen LogP contribution in [0.3, 0.4) is 0 Å². The van der Waals surface area contributed by atoms with Gasteiger partial charge in [0, 0.05) is 17.5 Å². The second kappa shape index (κ2) is 8.13. The molecule has 1 heterocycles. The second-order valence-electron chi connectivity index (χ2n) is 5.71. The van der Waals surface area contributed by atoms with Crippen LogP contribution in [0.5, 0.6) is 0 Å². The number of halogens is 2. The van der Waals surface area contributed by atoms with Crippen LogP contribution >= 0.6 is 11.6 Å². The summed E-state index contributed by atoms with van der Waals surface area (Å²) in [6, 6.07) is 18.3. The van der Waals surface area contributed by atoms with Crippen LogP contribution < -0.4 is 5.32 Å². The Labute approximate surface area is 146 Å². The summed E-state index contributed by atoms with van der Waals surface area (Å²) in [7, 11) is 0. The first kappa shape index (κ1) is 16.7. The summed E-state index contributed by atoms with van der Waals surface area (Å²) >= 11 is 5.89. The molecule has 0 aliphatic carbocycles. The van der Waals surface area contributed by atoms with Gasteiger partial charge in [-0.05, 0) is 60.5 Å². The van der Waals surface area contributed by atoms with E-state index in [2.05, 4.69) is 5.32 Å². The van der Waals surface area contributed by atoms with Gasteiger partial charge >= 0.3 is 0 Å². The molecule has 4 heteroatoms. The molecule has 124 valence electrons. The highest BCUT2D eigenvalue weighted by atomic mass is 35.5. The second-order valence-corrected chi connectivity index (χ2v) is 6.15. The van der Waals surface area contributed by atoms with Crippen molar-refractivity contribution in [2.24, 2.45) is 0 Å². The Morgan fingerprint density at radius 3 is 2.42 bits per heavy atom. The molecule has 1 atom stereocenters. The van der Waals surface area contributed by atoms with E-state index >= 15 is 0 Å². The minimum absolute atomic E-state index is 0.110. The number of hydrogen-bond donors (Lipinski definition) is 1. The largest absolute Gasteiger partial charge is 0.469 e. The third-order valence-electron chi connectivity index (χ3n) is 4.01. The average molecular weight is 344 g/mol. The molecule has 2 aromatic carbocycles. The molecular formula is C20H19ClFNO. The topological polar surface area (TPSA) is 25.2 Å². The maximum Gasteiger partial charge on any atom is 0.123 e. The summed E-state index contributed by atoms with van der Waals surface area (Å²) < 4.78 is 18.7. The van der Waals surface area contributed by atoms with E-state index in [1.165, 1.54) is 17.7 Å². The van der Waals surface area contributed by atoms with Gasteiger partial charge in [-0.25, -0.2) is 4.39 Å². The molecular weight excluding hydrogens is 325 g/mol. The zero-order valence-corrected chi connectivity index (χ0v) is 14.0. The monoisotopic (exact) mass is 343 g/mol. The zero-order valence-electron chi connectivity index (χ0n) is 13.2. The summed E-state index contributed by atoms with van der Waals surface area (Å²) in [5, 5.41) is 4.18. The van der Waals surface area contributed by atoms with E-state index in [9.17, 15) is 4.39 Å². The van der Waals surface area contributed by atoms with Gasteiger partial charge in [0.2, 0.25) is 0 Å². The summed E-state index contributed by atoms with van der Waals surface area (Å²) in [4.78, 5) is 0. The van der Waals surface area contributed by atoms with Gasteiger partial charge in [-0.1, -0.05) is 35.9 Å². The van der Waals surface area contributed by atoms with Gasteiger partial charge in [0.25, 0.3) is 0 Å². The molecule has 0 radical (unpaired) electrons. The van der Waals surface area contributed by atoms with Crippen molar-refractivity contribution in [2.75, 3.05) is 6.54 Å². The standard InChI is InChI=1S/C20H19ClFNO/c21-17-7-3-15(4-8-17)14-23-12-11-19(20-2-1-13-24-20)16-5-9-18(22)10-6-16/h1-10,13,19,23H,11-12,14H2/t19-/m1/s1. The minimum Gasteiger partial charge on any atom is -0.469 e. The van der Waals surface area contributed by atoms with Crippen molar-refractivity contribution in [3.8, 4) is 0 Å². The van der Waals surface area contributed by atoms with E-state index in [1.54, 1.807) is 6.26 Å². The van der Waals surface area contributed by atoms with Crippen LogP contribution in [-0.4, -0.2) is 6.54 Å². The molecule has 0 fully saturated rings. The van der Waals surface area contributed by atoms with Gasteiger partial charge in [0.1, 0.15) is 11.6 Å². The van der Waals surface area contributed by atoms with Crippen LogP contribution in [-0.2, 0) is 6.54 Å². The van der Waals surface area contributed by atoms with Crippen LogP contribution in [0.1, 0.15) is 29.2 Å². The summed E-state index contributed by atoms with van der Waals surface area (Å²) in [5.41, 5.74) is 2.25. The van der Waals surface area contributed by atoms with E-state index in [0.717, 1.165) is 35.9 Å². The van der Waals surface area contributed by atoms with Crippen LogP contribution in [0.2, 0.25) is 5.02 Å². The quantitative estimate of drug-likeness (QED) is 0.582. The number of furan rings is 1. The molecule has 3 rings (SSSR count). The molecule has 0 aliphatic heterocycles. The fraction of sp³-hybridized carbons (Fsp3) is 0.200. The van der Waals surface area contributed by atoms with E-state index in [1.807, 2.05) is 48.5 Å². The number of rotatable bonds is 7. The van der Waals surface area contributed by atoms with Crippen molar-refractivity contribution in [1.29, 1.82) is 0 Å². The molecule has 1 N–H and O–H groups in total. The molecule has 0 amide bonds. The summed E-state index contributed by atoms with van der Waals surface area (Å²) in [6.45, 7) is 1.61. The molecule has 1 aromatic heterocycles. The molecule has 0 unspecified atom stereocenters. The molecule has 0 saturated carbocycles. The SMILES string of the molecule is Fc1ccc([C@@H](CCNCc2ccc(Cl)cc2)c2ccco2)cc1. The van der Waals surface area contributed by atoms with Crippen molar-refractivity contribution < 1.29 is 8.81 Å². The van der Waals surface area contributed by atoms with Crippen LogP contribution in [0.4, 0.5) is 4.39 Å². The number of benzene rings is 2. The Hall–Kier alpha value is -2.10. The molecule has 0 saturated heterocycles. The van der Waals surface area contributed by atoms with Crippen molar-refractivity contribution in [3.63, 3.8) is 0 Å². The molecule has 0 spiro atoms. The lowest BCUT2D eigenvalue weighted by Crippen LogP contribution is -2.17. The Bertz CT molecular complexity index is 738. The first-order chi connectivity index (χ1) is 11.7. The highest BCUT2D eigenvalue weighted by Crippen LogP contribution is 2.28. The van der Waals surface area contributed by atoms with Gasteiger partial charge in [-0.2, -0.15) is 0 Å². The molecule has 24 heavy (non-hydrogen) atoms. The molecule has 0 bridgehead atoms. The molecule has 0 aliphatic rings. The number of hydrogen-bond acceptors (Lipinski definition) is 2. The highest BCUT2D eigenvalue weighted by Gasteiger charge is 2.16. The molecule has 2 nitrogen and oxygen atoms in total. The Kier molecular flexibility index (Phi) is 5.68. The van der Waals surface area contributed by atoms with Crippen LogP contribution in [0.15, 0.2) is 71.3 Å². The lowest BCUT2D eigenvalue weighted by atomic mass is 9.93. The van der Waals surface area contributed by atoms with Crippen molar-refractivity contribution in [2.45, 2.75) is 18.9 Å². The van der Waals surface area contributed by atoms with Gasteiger partial charge in [-0.15, -0.1) is 0 Å². The van der Waals surface area contributed by atoms with Crippen molar-refractivity contribution >= 4 is 11.6 Å². The van der Waals surface area contributed by atoms with E-state index in [0.29, 0.717) is 0 Å². The predicted octanol–water partition coefficient (Wildman–Crippen LogP) is 5.38. The van der Waals surface area contributed by atoms with Gasteiger partial charge in [-0.3, -0.25) is 0 Å². The minimum atomic E-state index is -0.224. The van der Waals surface area contributed by atoms with Crippen LogP contribution in [0.25, 0.3) is 0 Å². The first-order valence-electron chi connectivity index (χ1n) is 7.96. The van der Waals surface area contributed by atoms with E-state index < -0.39 is 0 Å². The van der Waals surface area contributed by atoms with Gasteiger partial charge in [0.05, 0.1) is 6.26 Å². The normalized spacial score (nSPS) is 12.2. The maximum absolute atomic E-state index is 13.2. The predicted molar refractivity (Wildman–Crippen MR) is 94.7 cm³/mol. The smallest absolute Gasteiger partial charge is 0.123 e. The molecule has 3 aromatic rings. The Morgan fingerprint density at radius 1 is 1.00 bits per heavy atom. The first-order valence-corrected chi connectivity index (χ1v) is 8.34. The van der Waals surface area contributed by atoms with Gasteiger partial charge < -0.3 is 9.73 Å². The van der Waals surface area contributed by atoms with E-state index in [4.69, 9.17) is 16.0 Å². The van der Waals surface area contributed by atoms with Crippen molar-refractivity contribution in [3.05, 3.63) is 94.7 Å². The average Bonchev–Trinajstić information content (AvgIpc) is 3.12. The fourth-order valence-corrected chi connectivity index (χ4v) is 2.87. The van der Waals surface area contributed by atoms with E-state index in [-0.39, 0.29) is 11.7 Å². The maximum atomic E-state index is 13.2. The Morgan fingerprint density at radius 2 is 1.75 bits per heavy atom. The third-order valence-corrected chi connectivity index (χ3v) is 4.26. The van der Waals surface area contributed by atoms with Crippen LogP contribution in [0, 0.1) is 5.82 Å². The van der Waals surface area contributed by atoms with Crippen molar-refractivity contribution in [1.82, 2.24) is 5.32 Å². The Balaban J connectivity index is 1.60. The summed E-state index contributed by atoms with van der Waals surface area (Å²) in [5.74, 6) is 0.783. The highest BCUT2D eigenvalue weighted by molar-refractivity contribution is 6.30. The number of nitrogens with one attached hydrogen (secondary N) is 1. The van der Waals surface area contributed by atoms with Gasteiger partial charge in [0.15, 0.2) is 0 Å². The fourth-order valence-electron chi connectivity index (χ4n) is 2.74. The lowest BCUT2D eigenvalue weighted by Gasteiger charge is -2.16. The summed E-state index contributed by atoms with van der Waals surface area (Å²) in [6.07, 6.45) is 2.54. The third kappa shape index (κ3) is 4.47.